The average Bonchev–Trinajstić information content (AvgIpc) is 3.01. The lowest BCUT2D eigenvalue weighted by Gasteiger charge is -2.19. The molecule has 23 heavy (non-hydrogen) atoms. The lowest BCUT2D eigenvalue weighted by molar-refractivity contribution is -0.137. The fourth-order valence-electron chi connectivity index (χ4n) is 2.56. The molecule has 0 unspecified atom stereocenters. The predicted molar refractivity (Wildman–Crippen MR) is 86.5 cm³/mol. The first-order valence-corrected chi connectivity index (χ1v) is 8.59. The SMILES string of the molecule is CN(CCC(=O)O)C(=O)c1csc(NC(=O)C2CCCCC2)n1. The number of nitrogens with one attached hydrogen (secondary N) is 1. The summed E-state index contributed by atoms with van der Waals surface area (Å²) in [5.41, 5.74) is 0.224. The number of carboxylic acid groups (broad SMARTS) is 1. The van der Waals surface area contributed by atoms with Gasteiger partial charge in [0.2, 0.25) is 5.91 Å². The standard InChI is InChI=1S/C15H21N3O4S/c1-18(8-7-12(19)20)14(22)11-9-23-15(16-11)17-13(21)10-5-3-2-4-6-10/h9-10H,2-8H2,1H3,(H,19,20)(H,16,17,21). The van der Waals surface area contributed by atoms with Crippen LogP contribution in [0.15, 0.2) is 5.38 Å². The second-order valence-electron chi connectivity index (χ2n) is 5.73. The minimum Gasteiger partial charge on any atom is -0.481 e. The fraction of sp³-hybridized carbons (Fsp3) is 0.600. The molecule has 0 radical (unpaired) electrons. The van der Waals surface area contributed by atoms with Crippen molar-refractivity contribution in [1.82, 2.24) is 9.88 Å². The zero-order chi connectivity index (χ0) is 16.8. The van der Waals surface area contributed by atoms with Gasteiger partial charge in [-0.1, -0.05) is 19.3 Å². The van der Waals surface area contributed by atoms with E-state index in [1.165, 1.54) is 29.7 Å². The van der Waals surface area contributed by atoms with Crippen molar-refractivity contribution in [2.75, 3.05) is 18.9 Å². The van der Waals surface area contributed by atoms with Gasteiger partial charge in [0.25, 0.3) is 5.91 Å². The van der Waals surface area contributed by atoms with E-state index >= 15 is 0 Å². The number of aromatic nitrogens is 1. The van der Waals surface area contributed by atoms with Gasteiger partial charge in [-0.25, -0.2) is 4.98 Å². The molecule has 1 aliphatic rings. The van der Waals surface area contributed by atoms with Gasteiger partial charge in [-0.05, 0) is 12.8 Å². The van der Waals surface area contributed by atoms with Gasteiger partial charge in [0.15, 0.2) is 5.13 Å². The number of rotatable bonds is 6. The number of hydrogen-bond acceptors (Lipinski definition) is 5. The molecule has 1 aromatic heterocycles. The Morgan fingerprint density at radius 3 is 2.70 bits per heavy atom. The van der Waals surface area contributed by atoms with Gasteiger partial charge in [0.05, 0.1) is 6.42 Å². The van der Waals surface area contributed by atoms with E-state index in [1.807, 2.05) is 0 Å². The Morgan fingerprint density at radius 2 is 2.04 bits per heavy atom. The quantitative estimate of drug-likeness (QED) is 0.828. The van der Waals surface area contributed by atoms with Gasteiger partial charge in [-0.15, -0.1) is 11.3 Å². The largest absolute Gasteiger partial charge is 0.481 e. The lowest BCUT2D eigenvalue weighted by atomic mass is 9.89. The van der Waals surface area contributed by atoms with E-state index in [1.54, 1.807) is 5.38 Å². The third-order valence-corrected chi connectivity index (χ3v) is 4.69. The normalized spacial score (nSPS) is 15.2. The maximum Gasteiger partial charge on any atom is 0.305 e. The summed E-state index contributed by atoms with van der Waals surface area (Å²) in [6, 6.07) is 0. The van der Waals surface area contributed by atoms with Crippen LogP contribution in [0.1, 0.15) is 49.0 Å². The number of nitrogens with zero attached hydrogens (tertiary/aromatic N) is 2. The van der Waals surface area contributed by atoms with Crippen LogP contribution < -0.4 is 5.32 Å². The fourth-order valence-corrected chi connectivity index (χ4v) is 3.25. The molecule has 2 N–H and O–H groups in total. The Kier molecular flexibility index (Phi) is 6.09. The molecule has 0 spiro atoms. The van der Waals surface area contributed by atoms with Gasteiger partial charge in [0, 0.05) is 24.9 Å². The number of carbonyl (C=O) groups excluding carboxylic acids is 2. The number of aliphatic carboxylic acids is 1. The highest BCUT2D eigenvalue weighted by Crippen LogP contribution is 2.25. The molecule has 1 fully saturated rings. The number of anilines is 1. The van der Waals surface area contributed by atoms with Crippen molar-refractivity contribution in [3.05, 3.63) is 11.1 Å². The van der Waals surface area contributed by atoms with Crippen LogP contribution in [0.3, 0.4) is 0 Å². The van der Waals surface area contributed by atoms with Crippen LogP contribution in [-0.2, 0) is 9.59 Å². The van der Waals surface area contributed by atoms with Crippen LogP contribution in [0.25, 0.3) is 0 Å². The van der Waals surface area contributed by atoms with Crippen molar-refractivity contribution in [1.29, 1.82) is 0 Å². The summed E-state index contributed by atoms with van der Waals surface area (Å²) >= 11 is 1.21. The second kappa shape index (κ2) is 8.05. The van der Waals surface area contributed by atoms with E-state index in [9.17, 15) is 14.4 Å². The highest BCUT2D eigenvalue weighted by atomic mass is 32.1. The van der Waals surface area contributed by atoms with Crippen LogP contribution in [-0.4, -0.2) is 46.4 Å². The topological polar surface area (TPSA) is 99.6 Å². The monoisotopic (exact) mass is 339 g/mol. The maximum absolute atomic E-state index is 12.2. The third kappa shape index (κ3) is 5.02. The van der Waals surface area contributed by atoms with Crippen molar-refractivity contribution in [2.45, 2.75) is 38.5 Å². The summed E-state index contributed by atoms with van der Waals surface area (Å²) in [5.74, 6) is -1.30. The van der Waals surface area contributed by atoms with Crippen molar-refractivity contribution in [2.24, 2.45) is 5.92 Å². The first-order valence-electron chi connectivity index (χ1n) is 7.71. The minimum absolute atomic E-state index is 0.0303. The number of amides is 2. The zero-order valence-electron chi connectivity index (χ0n) is 13.1. The molecule has 0 bridgehead atoms. The summed E-state index contributed by atoms with van der Waals surface area (Å²) < 4.78 is 0. The molecule has 8 heteroatoms. The molecule has 0 atom stereocenters. The average molecular weight is 339 g/mol. The summed E-state index contributed by atoms with van der Waals surface area (Å²) in [6.07, 6.45) is 5.03. The Bertz CT molecular complexity index is 581. The zero-order valence-corrected chi connectivity index (χ0v) is 13.9. The van der Waals surface area contributed by atoms with E-state index in [4.69, 9.17) is 5.11 Å². The minimum atomic E-state index is -0.955. The highest BCUT2D eigenvalue weighted by Gasteiger charge is 2.23. The maximum atomic E-state index is 12.2. The molecule has 2 rings (SSSR count). The molecule has 7 nitrogen and oxygen atoms in total. The Labute approximate surface area is 138 Å². The molecule has 2 amide bonds. The van der Waals surface area contributed by atoms with Crippen molar-refractivity contribution >= 4 is 34.3 Å². The predicted octanol–water partition coefficient (Wildman–Crippen LogP) is 2.21. The molecule has 1 heterocycles. The van der Waals surface area contributed by atoms with Crippen LogP contribution in [0.5, 0.6) is 0 Å². The van der Waals surface area contributed by atoms with Crippen LogP contribution in [0.4, 0.5) is 5.13 Å². The number of carboxylic acids is 1. The van der Waals surface area contributed by atoms with Gasteiger partial charge in [0.1, 0.15) is 5.69 Å². The molecule has 0 saturated heterocycles. The van der Waals surface area contributed by atoms with Crippen LogP contribution >= 0.6 is 11.3 Å². The summed E-state index contributed by atoms with van der Waals surface area (Å²) in [7, 11) is 1.53. The molecule has 1 aliphatic carbocycles. The van der Waals surface area contributed by atoms with Gasteiger partial charge in [-0.3, -0.25) is 14.4 Å². The highest BCUT2D eigenvalue weighted by molar-refractivity contribution is 7.14. The van der Waals surface area contributed by atoms with E-state index in [0.29, 0.717) is 5.13 Å². The summed E-state index contributed by atoms with van der Waals surface area (Å²) in [6.45, 7) is 0.120. The number of hydrogen-bond donors (Lipinski definition) is 2. The summed E-state index contributed by atoms with van der Waals surface area (Å²) in [4.78, 5) is 40.3. The van der Waals surface area contributed by atoms with E-state index in [-0.39, 0.29) is 36.4 Å². The van der Waals surface area contributed by atoms with Gasteiger partial charge >= 0.3 is 5.97 Å². The third-order valence-electron chi connectivity index (χ3n) is 3.94. The lowest BCUT2D eigenvalue weighted by Crippen LogP contribution is -2.29. The Morgan fingerprint density at radius 1 is 1.35 bits per heavy atom. The van der Waals surface area contributed by atoms with Crippen molar-refractivity contribution < 1.29 is 19.5 Å². The van der Waals surface area contributed by atoms with E-state index in [2.05, 4.69) is 10.3 Å². The van der Waals surface area contributed by atoms with E-state index in [0.717, 1.165) is 25.7 Å². The Balaban J connectivity index is 1.90. The smallest absolute Gasteiger partial charge is 0.305 e. The van der Waals surface area contributed by atoms with E-state index < -0.39 is 5.97 Å². The molecular weight excluding hydrogens is 318 g/mol. The molecular formula is C15H21N3O4S. The van der Waals surface area contributed by atoms with Crippen LogP contribution in [0, 0.1) is 5.92 Å². The molecule has 0 aliphatic heterocycles. The second-order valence-corrected chi connectivity index (χ2v) is 6.59. The Hall–Kier alpha value is -1.96. The number of thiazole rings is 1. The summed E-state index contributed by atoms with van der Waals surface area (Å²) in [5, 5.41) is 13.4. The van der Waals surface area contributed by atoms with Crippen LogP contribution in [0.2, 0.25) is 0 Å². The molecule has 1 saturated carbocycles. The number of carbonyl (C=O) groups is 3. The first kappa shape index (κ1) is 17.4. The van der Waals surface area contributed by atoms with Crippen molar-refractivity contribution in [3.8, 4) is 0 Å². The molecule has 126 valence electrons. The molecule has 1 aromatic rings. The first-order chi connectivity index (χ1) is 11.0. The van der Waals surface area contributed by atoms with Crippen molar-refractivity contribution in [3.63, 3.8) is 0 Å². The van der Waals surface area contributed by atoms with Gasteiger partial charge < -0.3 is 15.3 Å². The van der Waals surface area contributed by atoms with Gasteiger partial charge in [-0.2, -0.15) is 0 Å². The molecule has 0 aromatic carbocycles.